The number of rotatable bonds is 6. The maximum absolute atomic E-state index is 13.4. The van der Waals surface area contributed by atoms with Gasteiger partial charge in [-0.15, -0.1) is 0 Å². The molecule has 2 N–H and O–H groups in total. The molecule has 9 heteroatoms. The van der Waals surface area contributed by atoms with Crippen LogP contribution in [-0.2, 0) is 0 Å². The predicted octanol–water partition coefficient (Wildman–Crippen LogP) is 6.27. The van der Waals surface area contributed by atoms with Gasteiger partial charge in [-0.1, -0.05) is 23.2 Å². The van der Waals surface area contributed by atoms with Gasteiger partial charge in [0, 0.05) is 33.8 Å². The number of benzene rings is 3. The third-order valence-corrected chi connectivity index (χ3v) is 6.37. The van der Waals surface area contributed by atoms with Gasteiger partial charge >= 0.3 is 0 Å². The Morgan fingerprint density at radius 3 is 2.24 bits per heavy atom. The summed E-state index contributed by atoms with van der Waals surface area (Å²) in [5.41, 5.74) is 4.07. The van der Waals surface area contributed by atoms with Crippen molar-refractivity contribution in [3.05, 3.63) is 69.8 Å². The van der Waals surface area contributed by atoms with E-state index < -0.39 is 0 Å². The Balaban J connectivity index is 1.59. The highest BCUT2D eigenvalue weighted by Gasteiger charge is 2.20. The normalized spacial score (nSPS) is 11.2. The van der Waals surface area contributed by atoms with Gasteiger partial charge < -0.3 is 24.2 Å². The molecule has 0 aliphatic rings. The Hall–Kier alpha value is -3.68. The van der Waals surface area contributed by atoms with Crippen molar-refractivity contribution in [2.75, 3.05) is 21.3 Å². The van der Waals surface area contributed by atoms with Gasteiger partial charge in [0.2, 0.25) is 5.75 Å². The van der Waals surface area contributed by atoms with Crippen LogP contribution in [0.2, 0.25) is 10.0 Å². The number of halogens is 2. The molecule has 0 fully saturated rings. The number of nitrogens with zero attached hydrogens (tertiary/aromatic N) is 1. The highest BCUT2D eigenvalue weighted by atomic mass is 35.5. The van der Waals surface area contributed by atoms with Crippen LogP contribution in [0.1, 0.15) is 15.9 Å². The Morgan fingerprint density at radius 2 is 1.56 bits per heavy atom. The molecule has 172 valence electrons. The predicted molar refractivity (Wildman–Crippen MR) is 133 cm³/mol. The minimum absolute atomic E-state index is 0.184. The van der Waals surface area contributed by atoms with E-state index in [0.29, 0.717) is 49.8 Å². The smallest absolute Gasteiger partial charge is 0.203 e. The summed E-state index contributed by atoms with van der Waals surface area (Å²) in [5.74, 6) is 1.70. The first kappa shape index (κ1) is 22.1. The Labute approximate surface area is 204 Å². The second kappa shape index (κ2) is 8.59. The van der Waals surface area contributed by atoms with Gasteiger partial charge in [-0.25, -0.2) is 4.98 Å². The minimum atomic E-state index is -0.184. The average Bonchev–Trinajstić information content (AvgIpc) is 3.45. The molecule has 0 saturated carbocycles. The molecule has 0 radical (unpaired) electrons. The summed E-state index contributed by atoms with van der Waals surface area (Å²) in [6.07, 6.45) is 1.85. The number of methoxy groups -OCH3 is 3. The Morgan fingerprint density at radius 1 is 0.853 bits per heavy atom. The van der Waals surface area contributed by atoms with Gasteiger partial charge in [0.15, 0.2) is 17.3 Å². The second-order valence-electron chi connectivity index (χ2n) is 7.57. The lowest BCUT2D eigenvalue weighted by atomic mass is 10.00. The van der Waals surface area contributed by atoms with Gasteiger partial charge in [0.25, 0.3) is 0 Å². The standard InChI is InChI=1S/C25H19Cl2N3O4/c1-32-21-7-13(8-22(33-2)24(21)34-3)23(31)12-4-5-18-14(6-12)15(11-28-18)25-29-19-9-16(26)17(27)10-20(19)30-25/h4-11,28H,1-3H3,(H,29,30). The van der Waals surface area contributed by atoms with Gasteiger partial charge in [-0.2, -0.15) is 0 Å². The number of hydrogen-bond donors (Lipinski definition) is 2. The number of nitrogens with one attached hydrogen (secondary N) is 2. The molecular formula is C25H19Cl2N3O4. The number of carbonyl (C=O) groups is 1. The number of aromatic nitrogens is 3. The van der Waals surface area contributed by atoms with Crippen molar-refractivity contribution in [1.29, 1.82) is 0 Å². The topological polar surface area (TPSA) is 89.2 Å². The molecule has 0 spiro atoms. The highest BCUT2D eigenvalue weighted by molar-refractivity contribution is 6.42. The second-order valence-corrected chi connectivity index (χ2v) is 8.39. The van der Waals surface area contributed by atoms with Crippen molar-refractivity contribution < 1.29 is 19.0 Å². The van der Waals surface area contributed by atoms with E-state index in [1.165, 1.54) is 21.3 Å². The maximum atomic E-state index is 13.4. The third kappa shape index (κ3) is 3.63. The molecule has 0 aliphatic heterocycles. The number of imidazole rings is 1. The van der Waals surface area contributed by atoms with E-state index >= 15 is 0 Å². The van der Waals surface area contributed by atoms with Crippen LogP contribution in [0.5, 0.6) is 17.2 Å². The lowest BCUT2D eigenvalue weighted by Gasteiger charge is -2.13. The largest absolute Gasteiger partial charge is 0.493 e. The van der Waals surface area contributed by atoms with Crippen molar-refractivity contribution in [3.63, 3.8) is 0 Å². The molecule has 0 unspecified atom stereocenters. The molecular weight excluding hydrogens is 477 g/mol. The van der Waals surface area contributed by atoms with Crippen LogP contribution >= 0.6 is 23.2 Å². The highest BCUT2D eigenvalue weighted by Crippen LogP contribution is 2.39. The number of ketones is 1. The van der Waals surface area contributed by atoms with Crippen molar-refractivity contribution in [1.82, 2.24) is 15.0 Å². The summed E-state index contributed by atoms with van der Waals surface area (Å²) in [4.78, 5) is 24.6. The van der Waals surface area contributed by atoms with Gasteiger partial charge in [-0.05, 0) is 42.5 Å². The van der Waals surface area contributed by atoms with Crippen LogP contribution in [0.3, 0.4) is 0 Å². The number of ether oxygens (including phenoxy) is 3. The molecule has 0 aliphatic carbocycles. The summed E-state index contributed by atoms with van der Waals surface area (Å²) in [5, 5.41) is 1.72. The Bertz CT molecular complexity index is 1510. The number of aromatic amines is 2. The molecule has 0 amide bonds. The van der Waals surface area contributed by atoms with Crippen LogP contribution in [-0.4, -0.2) is 42.1 Å². The van der Waals surface area contributed by atoms with E-state index in [2.05, 4.69) is 15.0 Å². The fourth-order valence-electron chi connectivity index (χ4n) is 3.97. The SMILES string of the molecule is COc1cc(C(=O)c2ccc3[nH]cc(-c4nc5cc(Cl)c(Cl)cc5[nH]4)c3c2)cc(OC)c1OC. The van der Waals surface area contributed by atoms with Crippen molar-refractivity contribution >= 4 is 50.9 Å². The lowest BCUT2D eigenvalue weighted by Crippen LogP contribution is -2.04. The third-order valence-electron chi connectivity index (χ3n) is 5.65. The molecule has 2 aromatic heterocycles. The molecule has 0 atom stereocenters. The fourth-order valence-corrected chi connectivity index (χ4v) is 4.29. The zero-order valence-electron chi connectivity index (χ0n) is 18.5. The van der Waals surface area contributed by atoms with Crippen LogP contribution in [0.25, 0.3) is 33.3 Å². The zero-order valence-corrected chi connectivity index (χ0v) is 20.0. The molecule has 5 aromatic rings. The monoisotopic (exact) mass is 495 g/mol. The Kier molecular flexibility index (Phi) is 5.59. The van der Waals surface area contributed by atoms with Crippen LogP contribution < -0.4 is 14.2 Å². The summed E-state index contributed by atoms with van der Waals surface area (Å²) in [6.45, 7) is 0. The van der Waals surface area contributed by atoms with Gasteiger partial charge in [0.1, 0.15) is 5.82 Å². The zero-order chi connectivity index (χ0) is 24.0. The molecule has 34 heavy (non-hydrogen) atoms. The van der Waals surface area contributed by atoms with Crippen LogP contribution in [0.15, 0.2) is 48.7 Å². The first-order chi connectivity index (χ1) is 16.4. The molecule has 7 nitrogen and oxygen atoms in total. The molecule has 3 aromatic carbocycles. The molecule has 5 rings (SSSR count). The number of fused-ring (bicyclic) bond motifs is 2. The summed E-state index contributed by atoms with van der Waals surface area (Å²) < 4.78 is 16.1. The van der Waals surface area contributed by atoms with E-state index in [1.54, 1.807) is 30.3 Å². The number of hydrogen-bond acceptors (Lipinski definition) is 5. The van der Waals surface area contributed by atoms with E-state index in [4.69, 9.17) is 37.4 Å². The van der Waals surface area contributed by atoms with E-state index in [9.17, 15) is 4.79 Å². The summed E-state index contributed by atoms with van der Waals surface area (Å²) in [7, 11) is 4.54. The quantitative estimate of drug-likeness (QED) is 0.270. The van der Waals surface area contributed by atoms with E-state index in [0.717, 1.165) is 22.0 Å². The number of carbonyl (C=O) groups excluding carboxylic acids is 1. The first-order valence-electron chi connectivity index (χ1n) is 10.2. The maximum Gasteiger partial charge on any atom is 0.203 e. The fraction of sp³-hybridized carbons (Fsp3) is 0.120. The first-order valence-corrected chi connectivity index (χ1v) is 11.0. The lowest BCUT2D eigenvalue weighted by molar-refractivity contribution is 0.103. The number of H-pyrrole nitrogens is 2. The van der Waals surface area contributed by atoms with Gasteiger partial charge in [0.05, 0.1) is 42.4 Å². The van der Waals surface area contributed by atoms with Crippen molar-refractivity contribution in [2.24, 2.45) is 0 Å². The van der Waals surface area contributed by atoms with Crippen LogP contribution in [0, 0.1) is 0 Å². The summed E-state index contributed by atoms with van der Waals surface area (Å²) in [6, 6.07) is 12.2. The van der Waals surface area contributed by atoms with E-state index in [1.807, 2.05) is 18.3 Å². The van der Waals surface area contributed by atoms with Crippen molar-refractivity contribution in [2.45, 2.75) is 0 Å². The van der Waals surface area contributed by atoms with E-state index in [-0.39, 0.29) is 5.78 Å². The van der Waals surface area contributed by atoms with Crippen molar-refractivity contribution in [3.8, 4) is 28.6 Å². The molecule has 0 bridgehead atoms. The minimum Gasteiger partial charge on any atom is -0.493 e. The molecule has 2 heterocycles. The van der Waals surface area contributed by atoms with Crippen LogP contribution in [0.4, 0.5) is 0 Å². The average molecular weight is 496 g/mol. The molecule has 0 saturated heterocycles. The summed E-state index contributed by atoms with van der Waals surface area (Å²) >= 11 is 12.3. The van der Waals surface area contributed by atoms with Gasteiger partial charge in [-0.3, -0.25) is 4.79 Å².